The Morgan fingerprint density at radius 3 is 2.78 bits per heavy atom. The topological polar surface area (TPSA) is 111 Å². The van der Waals surface area contributed by atoms with E-state index >= 15 is 0 Å². The van der Waals surface area contributed by atoms with Crippen molar-refractivity contribution < 1.29 is 8.42 Å². The summed E-state index contributed by atoms with van der Waals surface area (Å²) in [5, 5.41) is 7.98. The molecule has 0 fully saturated rings. The van der Waals surface area contributed by atoms with Crippen LogP contribution in [-0.2, 0) is 16.6 Å². The van der Waals surface area contributed by atoms with Crippen LogP contribution in [-0.4, -0.2) is 20.9 Å². The molecule has 0 radical (unpaired) electrons. The Kier molecular flexibility index (Phi) is 5.11. The van der Waals surface area contributed by atoms with Crippen molar-refractivity contribution in [1.82, 2.24) is 5.32 Å². The van der Waals surface area contributed by atoms with E-state index in [1.54, 1.807) is 12.1 Å². The lowest BCUT2D eigenvalue weighted by Gasteiger charge is -2.04. The molecule has 0 saturated heterocycles. The Morgan fingerprint density at radius 1 is 1.44 bits per heavy atom. The van der Waals surface area contributed by atoms with Crippen LogP contribution in [0.5, 0.6) is 0 Å². The van der Waals surface area contributed by atoms with Crippen molar-refractivity contribution in [3.8, 4) is 0 Å². The van der Waals surface area contributed by atoms with Gasteiger partial charge in [-0.25, -0.2) is 18.5 Å². The van der Waals surface area contributed by atoms with E-state index in [9.17, 15) is 8.42 Å². The van der Waals surface area contributed by atoms with Gasteiger partial charge < -0.3 is 11.1 Å². The summed E-state index contributed by atoms with van der Waals surface area (Å²) in [6.45, 7) is 3.09. The quantitative estimate of drug-likeness (QED) is 0.522. The van der Waals surface area contributed by atoms with Gasteiger partial charge in [0.15, 0.2) is 5.96 Å². The molecule has 0 unspecified atom stereocenters. The van der Waals surface area contributed by atoms with Crippen molar-refractivity contribution in [2.75, 3.05) is 6.54 Å². The van der Waals surface area contributed by atoms with Crippen molar-refractivity contribution in [1.29, 1.82) is 0 Å². The molecule has 6 nitrogen and oxygen atoms in total. The van der Waals surface area contributed by atoms with Gasteiger partial charge in [0, 0.05) is 6.54 Å². The minimum atomic E-state index is -3.67. The fourth-order valence-corrected chi connectivity index (χ4v) is 1.89. The number of nitrogens with one attached hydrogen (secondary N) is 1. The van der Waals surface area contributed by atoms with Gasteiger partial charge in [0.2, 0.25) is 10.0 Å². The highest BCUT2D eigenvalue weighted by atomic mass is 32.2. The molecule has 0 heterocycles. The van der Waals surface area contributed by atoms with Gasteiger partial charge in [-0.15, -0.1) is 0 Å². The molecular weight excluding hydrogens is 252 g/mol. The lowest BCUT2D eigenvalue weighted by molar-refractivity contribution is 0.597. The first-order valence-electron chi connectivity index (χ1n) is 5.59. The summed E-state index contributed by atoms with van der Waals surface area (Å²) < 4.78 is 22.3. The normalized spacial score (nSPS) is 12.4. The first-order chi connectivity index (χ1) is 8.43. The molecular formula is C11H18N4O2S. The van der Waals surface area contributed by atoms with Crippen LogP contribution >= 0.6 is 0 Å². The molecule has 1 aromatic rings. The van der Waals surface area contributed by atoms with Crippen molar-refractivity contribution in [2.45, 2.75) is 24.8 Å². The fraction of sp³-hybridized carbons (Fsp3) is 0.364. The number of hydrogen-bond acceptors (Lipinski definition) is 3. The average molecular weight is 270 g/mol. The van der Waals surface area contributed by atoms with E-state index in [0.717, 1.165) is 18.5 Å². The smallest absolute Gasteiger partial charge is 0.238 e. The van der Waals surface area contributed by atoms with Crippen LogP contribution < -0.4 is 16.2 Å². The summed E-state index contributed by atoms with van der Waals surface area (Å²) in [6, 6.07) is 6.33. The third kappa shape index (κ3) is 4.72. The molecule has 0 saturated carbocycles. The highest BCUT2D eigenvalue weighted by Crippen LogP contribution is 2.10. The summed E-state index contributed by atoms with van der Waals surface area (Å²) in [7, 11) is -3.67. The summed E-state index contributed by atoms with van der Waals surface area (Å²) in [5.74, 6) is 0.345. The molecule has 0 aliphatic carbocycles. The summed E-state index contributed by atoms with van der Waals surface area (Å²) >= 11 is 0. The number of sulfonamides is 1. The van der Waals surface area contributed by atoms with Gasteiger partial charge in [0.25, 0.3) is 0 Å². The molecule has 0 atom stereocenters. The van der Waals surface area contributed by atoms with Crippen molar-refractivity contribution >= 4 is 16.0 Å². The number of nitrogens with zero attached hydrogens (tertiary/aromatic N) is 1. The Bertz CT molecular complexity index is 526. The number of guanidine groups is 1. The number of primary sulfonamides is 1. The van der Waals surface area contributed by atoms with Crippen molar-refractivity contribution in [3.63, 3.8) is 0 Å². The van der Waals surface area contributed by atoms with E-state index in [4.69, 9.17) is 10.9 Å². The molecule has 1 aromatic carbocycles. The Labute approximate surface area is 107 Å². The molecule has 100 valence electrons. The van der Waals surface area contributed by atoms with Crippen LogP contribution in [0.15, 0.2) is 34.2 Å². The maximum atomic E-state index is 11.2. The van der Waals surface area contributed by atoms with Crippen LogP contribution in [0.2, 0.25) is 0 Å². The number of hydrogen-bond donors (Lipinski definition) is 3. The monoisotopic (exact) mass is 270 g/mol. The maximum absolute atomic E-state index is 11.2. The summed E-state index contributed by atoms with van der Waals surface area (Å²) in [4.78, 5) is 4.18. The second-order valence-electron chi connectivity index (χ2n) is 3.82. The maximum Gasteiger partial charge on any atom is 0.238 e. The third-order valence-corrected chi connectivity index (χ3v) is 3.13. The SMILES string of the molecule is CCCNC(N)=NCc1cccc(S(N)(=O)=O)c1. The predicted molar refractivity (Wildman–Crippen MR) is 71.4 cm³/mol. The number of aliphatic imine (C=N–C) groups is 1. The van der Waals surface area contributed by atoms with E-state index in [1.807, 2.05) is 6.92 Å². The van der Waals surface area contributed by atoms with Crippen LogP contribution in [0, 0.1) is 0 Å². The van der Waals surface area contributed by atoms with Gasteiger partial charge in [0.1, 0.15) is 0 Å². The zero-order valence-electron chi connectivity index (χ0n) is 10.3. The zero-order chi connectivity index (χ0) is 13.6. The molecule has 0 amide bonds. The molecule has 0 spiro atoms. The Morgan fingerprint density at radius 2 is 2.17 bits per heavy atom. The minimum absolute atomic E-state index is 0.0790. The van der Waals surface area contributed by atoms with Crippen molar-refractivity contribution in [3.05, 3.63) is 29.8 Å². The van der Waals surface area contributed by atoms with Gasteiger partial charge >= 0.3 is 0 Å². The Balaban J connectivity index is 2.74. The first-order valence-corrected chi connectivity index (χ1v) is 7.13. The molecule has 18 heavy (non-hydrogen) atoms. The van der Waals surface area contributed by atoms with E-state index < -0.39 is 10.0 Å². The second kappa shape index (κ2) is 6.36. The molecule has 1 rings (SSSR count). The summed E-state index contributed by atoms with van der Waals surface area (Å²) in [5.41, 5.74) is 6.37. The van der Waals surface area contributed by atoms with Crippen LogP contribution in [0.1, 0.15) is 18.9 Å². The van der Waals surface area contributed by atoms with E-state index in [-0.39, 0.29) is 4.90 Å². The second-order valence-corrected chi connectivity index (χ2v) is 5.38. The number of nitrogens with two attached hydrogens (primary N) is 2. The fourth-order valence-electron chi connectivity index (χ4n) is 1.31. The molecule has 0 aliphatic rings. The number of rotatable bonds is 5. The minimum Gasteiger partial charge on any atom is -0.370 e. The molecule has 5 N–H and O–H groups in total. The van der Waals surface area contributed by atoms with Gasteiger partial charge in [0.05, 0.1) is 11.4 Å². The van der Waals surface area contributed by atoms with Gasteiger partial charge in [-0.05, 0) is 24.1 Å². The molecule has 0 bridgehead atoms. The lowest BCUT2D eigenvalue weighted by atomic mass is 10.2. The third-order valence-electron chi connectivity index (χ3n) is 2.22. The zero-order valence-corrected chi connectivity index (χ0v) is 11.1. The van der Waals surface area contributed by atoms with Crippen LogP contribution in [0.25, 0.3) is 0 Å². The Hall–Kier alpha value is -1.60. The van der Waals surface area contributed by atoms with Gasteiger partial charge in [-0.1, -0.05) is 19.1 Å². The van der Waals surface area contributed by atoms with Crippen LogP contribution in [0.4, 0.5) is 0 Å². The van der Waals surface area contributed by atoms with E-state index in [2.05, 4.69) is 10.3 Å². The van der Waals surface area contributed by atoms with E-state index in [0.29, 0.717) is 12.5 Å². The predicted octanol–water partition coefficient (Wildman–Crippen LogP) is 0.148. The summed E-state index contributed by atoms with van der Waals surface area (Å²) in [6.07, 6.45) is 0.955. The van der Waals surface area contributed by atoms with Crippen LogP contribution in [0.3, 0.4) is 0 Å². The highest BCUT2D eigenvalue weighted by molar-refractivity contribution is 7.89. The first kappa shape index (κ1) is 14.5. The van der Waals surface area contributed by atoms with Gasteiger partial charge in [-0.3, -0.25) is 0 Å². The van der Waals surface area contributed by atoms with E-state index in [1.165, 1.54) is 12.1 Å². The largest absolute Gasteiger partial charge is 0.370 e. The lowest BCUT2D eigenvalue weighted by Crippen LogP contribution is -2.32. The standard InChI is InChI=1S/C11H18N4O2S/c1-2-6-14-11(12)15-8-9-4-3-5-10(7-9)18(13,16)17/h3-5,7H,2,6,8H2,1H3,(H3,12,14,15)(H2,13,16,17). The number of benzene rings is 1. The van der Waals surface area contributed by atoms with Gasteiger partial charge in [-0.2, -0.15) is 0 Å². The highest BCUT2D eigenvalue weighted by Gasteiger charge is 2.07. The molecule has 0 aromatic heterocycles. The average Bonchev–Trinajstić information content (AvgIpc) is 2.33. The van der Waals surface area contributed by atoms with Crippen molar-refractivity contribution in [2.24, 2.45) is 15.9 Å². The molecule has 0 aliphatic heterocycles. The molecule has 7 heteroatoms.